The van der Waals surface area contributed by atoms with E-state index in [9.17, 15) is 9.59 Å². The summed E-state index contributed by atoms with van der Waals surface area (Å²) in [6.07, 6.45) is 3.03. The summed E-state index contributed by atoms with van der Waals surface area (Å²) in [7, 11) is 0. The zero-order valence-electron chi connectivity index (χ0n) is 10.3. The van der Waals surface area contributed by atoms with Crippen LogP contribution in [0.15, 0.2) is 59.7 Å². The molecule has 1 aromatic carbocycles. The highest BCUT2D eigenvalue weighted by Gasteiger charge is 2.14. The highest BCUT2D eigenvalue weighted by molar-refractivity contribution is 6.67. The molecular weight excluding hydrogens is 276 g/mol. The van der Waals surface area contributed by atoms with Crippen LogP contribution in [0.25, 0.3) is 16.7 Å². The molecule has 0 amide bonds. The highest BCUT2D eigenvalue weighted by Crippen LogP contribution is 2.16. The fourth-order valence-corrected chi connectivity index (χ4v) is 2.22. The standard InChI is InChI=1S/C15H9ClN2O2/c16-14(20)12-9-18(10-5-2-1-3-6-10)15-11(13(12)19)7-4-8-17-15/h1-9H. The van der Waals surface area contributed by atoms with Crippen molar-refractivity contribution < 1.29 is 4.79 Å². The van der Waals surface area contributed by atoms with Crippen molar-refractivity contribution >= 4 is 27.9 Å². The largest absolute Gasteiger partial charge is 0.300 e. The smallest absolute Gasteiger partial charge is 0.257 e. The first-order chi connectivity index (χ1) is 9.68. The van der Waals surface area contributed by atoms with E-state index in [0.29, 0.717) is 11.0 Å². The maximum Gasteiger partial charge on any atom is 0.257 e. The Kier molecular flexibility index (Phi) is 3.08. The second-order valence-corrected chi connectivity index (χ2v) is 4.57. The quantitative estimate of drug-likeness (QED) is 0.680. The van der Waals surface area contributed by atoms with Crippen LogP contribution in [0.4, 0.5) is 0 Å². The fourth-order valence-electron chi connectivity index (χ4n) is 2.09. The van der Waals surface area contributed by atoms with Crippen LogP contribution in [0.3, 0.4) is 0 Å². The van der Waals surface area contributed by atoms with Gasteiger partial charge >= 0.3 is 0 Å². The van der Waals surface area contributed by atoms with Gasteiger partial charge < -0.3 is 4.57 Å². The zero-order chi connectivity index (χ0) is 14.1. The molecule has 3 aromatic rings. The van der Waals surface area contributed by atoms with E-state index in [1.165, 1.54) is 6.20 Å². The Morgan fingerprint density at radius 1 is 1.10 bits per heavy atom. The van der Waals surface area contributed by atoms with Crippen LogP contribution in [0.2, 0.25) is 0 Å². The SMILES string of the molecule is O=C(Cl)c1cn(-c2ccccc2)c2ncccc2c1=O. The van der Waals surface area contributed by atoms with E-state index in [2.05, 4.69) is 4.98 Å². The van der Waals surface area contributed by atoms with Gasteiger partial charge in [-0.2, -0.15) is 0 Å². The maximum absolute atomic E-state index is 12.2. The fraction of sp³-hybridized carbons (Fsp3) is 0. The van der Waals surface area contributed by atoms with Crippen LogP contribution < -0.4 is 5.43 Å². The topological polar surface area (TPSA) is 52.0 Å². The molecule has 0 aliphatic heterocycles. The Bertz CT molecular complexity index is 857. The number of hydrogen-bond acceptors (Lipinski definition) is 3. The monoisotopic (exact) mass is 284 g/mol. The molecule has 20 heavy (non-hydrogen) atoms. The van der Waals surface area contributed by atoms with Gasteiger partial charge in [-0.1, -0.05) is 18.2 Å². The molecule has 0 N–H and O–H groups in total. The first kappa shape index (κ1) is 12.6. The van der Waals surface area contributed by atoms with E-state index in [4.69, 9.17) is 11.6 Å². The number of carbonyl (C=O) groups is 1. The van der Waals surface area contributed by atoms with Crippen molar-refractivity contribution in [1.82, 2.24) is 9.55 Å². The van der Waals surface area contributed by atoms with Gasteiger partial charge in [0.1, 0.15) is 5.65 Å². The van der Waals surface area contributed by atoms with Crippen LogP contribution in [0.5, 0.6) is 0 Å². The van der Waals surface area contributed by atoms with Crippen LogP contribution in [0.1, 0.15) is 10.4 Å². The van der Waals surface area contributed by atoms with Gasteiger partial charge in [-0.3, -0.25) is 9.59 Å². The van der Waals surface area contributed by atoms with Gasteiger partial charge in [0.15, 0.2) is 0 Å². The third-order valence-corrected chi connectivity index (χ3v) is 3.21. The molecule has 0 spiro atoms. The van der Waals surface area contributed by atoms with Crippen LogP contribution in [-0.2, 0) is 0 Å². The maximum atomic E-state index is 12.2. The summed E-state index contributed by atoms with van der Waals surface area (Å²) in [5, 5.41) is -0.409. The molecule has 2 heterocycles. The lowest BCUT2D eigenvalue weighted by atomic mass is 10.2. The van der Waals surface area contributed by atoms with Crippen molar-refractivity contribution in [1.29, 1.82) is 0 Å². The minimum Gasteiger partial charge on any atom is -0.300 e. The molecule has 0 atom stereocenters. The first-order valence-electron chi connectivity index (χ1n) is 5.94. The molecule has 0 unspecified atom stereocenters. The Balaban J connectivity index is 2.46. The number of aromatic nitrogens is 2. The van der Waals surface area contributed by atoms with E-state index < -0.39 is 10.7 Å². The van der Waals surface area contributed by atoms with Gasteiger partial charge in [0.25, 0.3) is 5.24 Å². The Morgan fingerprint density at radius 2 is 1.85 bits per heavy atom. The summed E-state index contributed by atoms with van der Waals surface area (Å²) in [6, 6.07) is 12.6. The number of nitrogens with zero attached hydrogens (tertiary/aromatic N) is 2. The number of carbonyl (C=O) groups excluding carboxylic acids is 1. The molecule has 4 nitrogen and oxygen atoms in total. The molecule has 0 aliphatic carbocycles. The average molecular weight is 285 g/mol. The number of hydrogen-bond donors (Lipinski definition) is 0. The third kappa shape index (κ3) is 2.00. The van der Waals surface area contributed by atoms with Crippen LogP contribution >= 0.6 is 11.6 Å². The number of halogens is 1. The molecule has 0 fully saturated rings. The van der Waals surface area contributed by atoms with Gasteiger partial charge in [0.2, 0.25) is 5.43 Å². The molecule has 0 saturated heterocycles. The predicted molar refractivity (Wildman–Crippen MR) is 77.5 cm³/mol. The summed E-state index contributed by atoms with van der Waals surface area (Å²) in [6.45, 7) is 0. The molecule has 3 rings (SSSR count). The van der Waals surface area contributed by atoms with E-state index in [-0.39, 0.29) is 5.56 Å². The predicted octanol–water partition coefficient (Wildman–Crippen LogP) is 2.76. The lowest BCUT2D eigenvalue weighted by Gasteiger charge is -2.11. The van der Waals surface area contributed by atoms with Crippen LogP contribution in [0, 0.1) is 0 Å². The van der Waals surface area contributed by atoms with Crippen molar-refractivity contribution in [2.75, 3.05) is 0 Å². The Hall–Kier alpha value is -2.46. The molecule has 2 aromatic heterocycles. The van der Waals surface area contributed by atoms with Crippen LogP contribution in [-0.4, -0.2) is 14.8 Å². The normalized spacial score (nSPS) is 10.7. The molecule has 98 valence electrons. The Morgan fingerprint density at radius 3 is 2.55 bits per heavy atom. The third-order valence-electron chi connectivity index (χ3n) is 3.01. The first-order valence-corrected chi connectivity index (χ1v) is 6.32. The molecule has 0 radical (unpaired) electrons. The molecule has 5 heteroatoms. The van der Waals surface area contributed by atoms with Gasteiger partial charge in [0.05, 0.1) is 10.9 Å². The summed E-state index contributed by atoms with van der Waals surface area (Å²) in [5.74, 6) is 0. The second-order valence-electron chi connectivity index (χ2n) is 4.23. The summed E-state index contributed by atoms with van der Waals surface area (Å²) < 4.78 is 1.69. The van der Waals surface area contributed by atoms with Crippen molar-refractivity contribution in [3.63, 3.8) is 0 Å². The minimum atomic E-state index is -0.773. The number of para-hydroxylation sites is 1. The number of benzene rings is 1. The van der Waals surface area contributed by atoms with Crippen molar-refractivity contribution in [2.45, 2.75) is 0 Å². The highest BCUT2D eigenvalue weighted by atomic mass is 35.5. The lowest BCUT2D eigenvalue weighted by Crippen LogP contribution is -2.16. The van der Waals surface area contributed by atoms with Crippen molar-refractivity contribution in [3.05, 3.63) is 70.6 Å². The van der Waals surface area contributed by atoms with E-state index in [0.717, 1.165) is 5.69 Å². The molecule has 0 bridgehead atoms. The van der Waals surface area contributed by atoms with E-state index >= 15 is 0 Å². The summed E-state index contributed by atoms with van der Waals surface area (Å²) in [4.78, 5) is 27.8. The lowest BCUT2D eigenvalue weighted by molar-refractivity contribution is 0.108. The zero-order valence-corrected chi connectivity index (χ0v) is 11.0. The minimum absolute atomic E-state index is 0.0592. The Labute approximate surface area is 119 Å². The average Bonchev–Trinajstić information content (AvgIpc) is 2.48. The van der Waals surface area contributed by atoms with Gasteiger partial charge in [-0.25, -0.2) is 4.98 Å². The molecular formula is C15H9ClN2O2. The molecule has 0 aliphatic rings. The van der Waals surface area contributed by atoms with E-state index in [1.54, 1.807) is 22.9 Å². The van der Waals surface area contributed by atoms with Gasteiger partial charge in [-0.15, -0.1) is 0 Å². The van der Waals surface area contributed by atoms with Gasteiger partial charge in [0, 0.05) is 18.1 Å². The number of pyridine rings is 2. The second kappa shape index (κ2) is 4.90. The van der Waals surface area contributed by atoms with Crippen molar-refractivity contribution in [3.8, 4) is 5.69 Å². The summed E-state index contributed by atoms with van der Waals surface area (Å²) in [5.41, 5.74) is 0.831. The van der Waals surface area contributed by atoms with E-state index in [1.807, 2.05) is 30.3 Å². The number of rotatable bonds is 2. The summed E-state index contributed by atoms with van der Waals surface area (Å²) >= 11 is 5.50. The number of fused-ring (bicyclic) bond motifs is 1. The van der Waals surface area contributed by atoms with Crippen molar-refractivity contribution in [2.24, 2.45) is 0 Å². The molecule has 0 saturated carbocycles. The van der Waals surface area contributed by atoms with Gasteiger partial charge in [-0.05, 0) is 35.9 Å².